The third-order valence-corrected chi connectivity index (χ3v) is 3.78. The van der Waals surface area contributed by atoms with Crippen LogP contribution in [0.4, 0.5) is 0 Å². The van der Waals surface area contributed by atoms with E-state index in [0.29, 0.717) is 24.4 Å². The first-order valence-electron chi connectivity index (χ1n) is 6.30. The van der Waals surface area contributed by atoms with Crippen molar-refractivity contribution >= 4 is 23.4 Å². The number of nitrogens with zero attached hydrogens (tertiary/aromatic N) is 1. The van der Waals surface area contributed by atoms with E-state index in [4.69, 9.17) is 16.0 Å². The highest BCUT2D eigenvalue weighted by molar-refractivity contribution is 6.29. The molecule has 1 aliphatic rings. The van der Waals surface area contributed by atoms with Gasteiger partial charge in [-0.05, 0) is 48.7 Å². The van der Waals surface area contributed by atoms with Crippen LogP contribution in [0.15, 0.2) is 28.7 Å². The molecule has 0 spiro atoms. The molecule has 0 bridgehead atoms. The Bertz CT molecular complexity index is 685. The van der Waals surface area contributed by atoms with Gasteiger partial charge in [-0.3, -0.25) is 9.59 Å². The number of carboxylic acids is 1. The first-order chi connectivity index (χ1) is 9.58. The molecule has 1 unspecified atom stereocenters. The average Bonchev–Trinajstić information content (AvgIpc) is 3.03. The Labute approximate surface area is 119 Å². The lowest BCUT2D eigenvalue weighted by molar-refractivity contribution is -0.139. The van der Waals surface area contributed by atoms with Crippen LogP contribution in [-0.4, -0.2) is 21.4 Å². The van der Waals surface area contributed by atoms with E-state index in [0.717, 1.165) is 6.42 Å². The van der Waals surface area contributed by atoms with Crippen LogP contribution in [0.1, 0.15) is 40.7 Å². The molecule has 0 saturated carbocycles. The molecule has 0 aromatic carbocycles. The van der Waals surface area contributed by atoms with Crippen LogP contribution in [0.5, 0.6) is 0 Å². The van der Waals surface area contributed by atoms with Crippen molar-refractivity contribution in [3.05, 3.63) is 46.6 Å². The number of halogens is 1. The van der Waals surface area contributed by atoms with Crippen molar-refractivity contribution in [1.82, 2.24) is 4.57 Å². The van der Waals surface area contributed by atoms with Crippen molar-refractivity contribution in [2.75, 3.05) is 0 Å². The second-order valence-corrected chi connectivity index (χ2v) is 5.13. The highest BCUT2D eigenvalue weighted by Crippen LogP contribution is 2.30. The van der Waals surface area contributed by atoms with Crippen LogP contribution in [0.2, 0.25) is 5.22 Å². The van der Waals surface area contributed by atoms with Gasteiger partial charge in [0, 0.05) is 12.2 Å². The largest absolute Gasteiger partial charge is 0.481 e. The van der Waals surface area contributed by atoms with Crippen LogP contribution in [0.3, 0.4) is 0 Å². The number of rotatable bonds is 3. The number of fused-ring (bicyclic) bond motifs is 1. The molecule has 0 saturated heterocycles. The SMILES string of the molecule is O=C(c1ccc(Cl)o1)c1ccc2n1CCCC2C(=O)O. The van der Waals surface area contributed by atoms with Gasteiger partial charge >= 0.3 is 5.97 Å². The minimum absolute atomic E-state index is 0.155. The van der Waals surface area contributed by atoms with E-state index in [1.807, 2.05) is 0 Å². The Morgan fingerprint density at radius 1 is 1.30 bits per heavy atom. The zero-order valence-electron chi connectivity index (χ0n) is 10.5. The highest BCUT2D eigenvalue weighted by Gasteiger charge is 2.30. The van der Waals surface area contributed by atoms with E-state index >= 15 is 0 Å². The van der Waals surface area contributed by atoms with Crippen molar-refractivity contribution in [3.63, 3.8) is 0 Å². The maximum atomic E-state index is 12.3. The fraction of sp³-hybridized carbons (Fsp3) is 0.286. The molecule has 0 aliphatic carbocycles. The first kappa shape index (κ1) is 13.0. The van der Waals surface area contributed by atoms with Crippen molar-refractivity contribution in [2.45, 2.75) is 25.3 Å². The van der Waals surface area contributed by atoms with E-state index in [2.05, 4.69) is 0 Å². The van der Waals surface area contributed by atoms with Crippen molar-refractivity contribution in [3.8, 4) is 0 Å². The molecule has 5 nitrogen and oxygen atoms in total. The van der Waals surface area contributed by atoms with Gasteiger partial charge in [0.05, 0.1) is 11.6 Å². The van der Waals surface area contributed by atoms with Gasteiger partial charge in [-0.15, -0.1) is 0 Å². The quantitative estimate of drug-likeness (QED) is 0.883. The zero-order chi connectivity index (χ0) is 14.3. The summed E-state index contributed by atoms with van der Waals surface area (Å²) >= 11 is 5.67. The lowest BCUT2D eigenvalue weighted by atomic mass is 9.96. The molecular weight excluding hydrogens is 282 g/mol. The van der Waals surface area contributed by atoms with Gasteiger partial charge < -0.3 is 14.1 Å². The Kier molecular flexibility index (Phi) is 3.14. The van der Waals surface area contributed by atoms with Crippen LogP contribution >= 0.6 is 11.6 Å². The van der Waals surface area contributed by atoms with E-state index < -0.39 is 11.9 Å². The van der Waals surface area contributed by atoms with E-state index in [1.165, 1.54) is 12.1 Å². The minimum Gasteiger partial charge on any atom is -0.481 e. The maximum absolute atomic E-state index is 12.3. The molecule has 1 N–H and O–H groups in total. The lowest BCUT2D eigenvalue weighted by Gasteiger charge is -2.22. The normalized spacial score (nSPS) is 17.8. The van der Waals surface area contributed by atoms with E-state index in [1.54, 1.807) is 16.7 Å². The monoisotopic (exact) mass is 293 g/mol. The summed E-state index contributed by atoms with van der Waals surface area (Å²) in [5.41, 5.74) is 1.11. The first-order valence-corrected chi connectivity index (χ1v) is 6.68. The van der Waals surface area contributed by atoms with Gasteiger partial charge in [-0.2, -0.15) is 0 Å². The zero-order valence-corrected chi connectivity index (χ0v) is 11.3. The third kappa shape index (κ3) is 2.04. The molecule has 104 valence electrons. The van der Waals surface area contributed by atoms with E-state index in [9.17, 15) is 14.7 Å². The molecule has 0 radical (unpaired) electrons. The summed E-state index contributed by atoms with van der Waals surface area (Å²) in [4.78, 5) is 23.6. The molecule has 3 rings (SSSR count). The van der Waals surface area contributed by atoms with Crippen LogP contribution < -0.4 is 0 Å². The van der Waals surface area contributed by atoms with Gasteiger partial charge in [0.25, 0.3) is 0 Å². The number of carboxylic acid groups (broad SMARTS) is 1. The molecule has 2 aromatic heterocycles. The number of aliphatic carboxylic acids is 1. The van der Waals surface area contributed by atoms with Gasteiger partial charge in [-0.25, -0.2) is 0 Å². The molecule has 0 amide bonds. The molecule has 2 aromatic rings. The summed E-state index contributed by atoms with van der Waals surface area (Å²) in [6.07, 6.45) is 1.33. The standard InChI is InChI=1S/C14H12ClNO4/c15-12-6-5-11(20-12)13(17)10-4-3-9-8(14(18)19)2-1-7-16(9)10/h3-6,8H,1-2,7H2,(H,18,19). The van der Waals surface area contributed by atoms with Crippen molar-refractivity contribution in [1.29, 1.82) is 0 Å². The van der Waals surface area contributed by atoms with Gasteiger partial charge in [0.1, 0.15) is 0 Å². The predicted molar refractivity (Wildman–Crippen MR) is 71.2 cm³/mol. The van der Waals surface area contributed by atoms with Crippen molar-refractivity contribution in [2.24, 2.45) is 0 Å². The summed E-state index contributed by atoms with van der Waals surface area (Å²) in [6.45, 7) is 0.641. The number of furan rings is 1. The second kappa shape index (κ2) is 4.83. The molecule has 3 heterocycles. The molecule has 0 fully saturated rings. The average molecular weight is 294 g/mol. The predicted octanol–water partition coefficient (Wildman–Crippen LogP) is 2.93. The van der Waals surface area contributed by atoms with E-state index in [-0.39, 0.29) is 16.8 Å². The van der Waals surface area contributed by atoms with Crippen LogP contribution in [0.25, 0.3) is 0 Å². The summed E-state index contributed by atoms with van der Waals surface area (Å²) in [5.74, 6) is -1.53. The summed E-state index contributed by atoms with van der Waals surface area (Å²) in [6, 6.07) is 6.38. The smallest absolute Gasteiger partial charge is 0.312 e. The summed E-state index contributed by atoms with van der Waals surface area (Å²) < 4.78 is 6.89. The molecule has 1 aliphatic heterocycles. The Hall–Kier alpha value is -2.01. The molecule has 6 heteroatoms. The lowest BCUT2D eigenvalue weighted by Crippen LogP contribution is -2.23. The minimum atomic E-state index is -0.857. The van der Waals surface area contributed by atoms with Gasteiger partial charge in [0.15, 0.2) is 11.0 Å². The van der Waals surface area contributed by atoms with Gasteiger partial charge in [-0.1, -0.05) is 0 Å². The Morgan fingerprint density at radius 2 is 2.10 bits per heavy atom. The third-order valence-electron chi connectivity index (χ3n) is 3.57. The number of carbonyl (C=O) groups excluding carboxylic acids is 1. The summed E-state index contributed by atoms with van der Waals surface area (Å²) in [5, 5.41) is 9.37. The maximum Gasteiger partial charge on any atom is 0.312 e. The topological polar surface area (TPSA) is 72.4 Å². The Morgan fingerprint density at radius 3 is 2.75 bits per heavy atom. The number of hydrogen-bond donors (Lipinski definition) is 1. The fourth-order valence-electron chi connectivity index (χ4n) is 2.65. The fourth-order valence-corrected chi connectivity index (χ4v) is 2.80. The summed E-state index contributed by atoms with van der Waals surface area (Å²) in [7, 11) is 0. The van der Waals surface area contributed by atoms with Crippen molar-refractivity contribution < 1.29 is 19.1 Å². The number of ketones is 1. The number of hydrogen-bond acceptors (Lipinski definition) is 3. The molecule has 20 heavy (non-hydrogen) atoms. The second-order valence-electron chi connectivity index (χ2n) is 4.76. The molecule has 1 atom stereocenters. The van der Waals surface area contributed by atoms with Crippen LogP contribution in [0, 0.1) is 0 Å². The number of carbonyl (C=O) groups is 2. The Balaban J connectivity index is 2.00. The van der Waals surface area contributed by atoms with Crippen LogP contribution in [-0.2, 0) is 11.3 Å². The number of aromatic nitrogens is 1. The molecular formula is C14H12ClNO4. The highest BCUT2D eigenvalue weighted by atomic mass is 35.5. The van der Waals surface area contributed by atoms with Gasteiger partial charge in [0.2, 0.25) is 5.78 Å².